The molecule has 1 aromatic rings. The Kier molecular flexibility index (Phi) is 4.87. The number of hydrogen-bond acceptors (Lipinski definition) is 2. The van der Waals surface area contributed by atoms with Gasteiger partial charge in [-0.05, 0) is 41.9 Å². The fourth-order valence-electron chi connectivity index (χ4n) is 1.30. The zero-order valence-corrected chi connectivity index (χ0v) is 13.9. The number of ether oxygens (including phenoxy) is 1. The quantitative estimate of drug-likeness (QED) is 0.735. The third-order valence-corrected chi connectivity index (χ3v) is 8.27. The van der Waals surface area contributed by atoms with E-state index in [1.54, 1.807) is 13.2 Å². The molecule has 0 saturated carbocycles. The summed E-state index contributed by atoms with van der Waals surface area (Å²) < 4.78 is 11.4. The second-order valence-electron chi connectivity index (χ2n) is 6.05. The molecular formula is C14H23ClO2Si. The van der Waals surface area contributed by atoms with E-state index in [0.717, 1.165) is 11.3 Å². The summed E-state index contributed by atoms with van der Waals surface area (Å²) in [5.41, 5.74) is 1.06. The first-order valence-electron chi connectivity index (χ1n) is 6.13. The smallest absolute Gasteiger partial charge is 0.192 e. The van der Waals surface area contributed by atoms with Crippen molar-refractivity contribution in [1.82, 2.24) is 0 Å². The van der Waals surface area contributed by atoms with Crippen molar-refractivity contribution in [2.45, 2.75) is 45.5 Å². The lowest BCUT2D eigenvalue weighted by atomic mass is 10.2. The Bertz CT molecular complexity index is 411. The highest BCUT2D eigenvalue weighted by atomic mass is 35.5. The standard InChI is InChI=1S/C14H23ClO2Si/c1-14(2,3)18(5,6)17-10-11-7-12(15)9-13(8-11)16-4/h7-9H,10H2,1-6H3. The highest BCUT2D eigenvalue weighted by Crippen LogP contribution is 2.37. The number of benzene rings is 1. The van der Waals surface area contributed by atoms with Gasteiger partial charge in [-0.15, -0.1) is 0 Å². The fraction of sp³-hybridized carbons (Fsp3) is 0.571. The Balaban J connectivity index is 2.78. The number of hydrogen-bond donors (Lipinski definition) is 0. The van der Waals surface area contributed by atoms with E-state index >= 15 is 0 Å². The molecule has 4 heteroatoms. The molecule has 0 atom stereocenters. The van der Waals surface area contributed by atoms with Crippen LogP contribution in [-0.2, 0) is 11.0 Å². The normalized spacial score (nSPS) is 12.6. The molecule has 1 rings (SSSR count). The zero-order chi connectivity index (χ0) is 14.0. The van der Waals surface area contributed by atoms with E-state index < -0.39 is 8.32 Å². The molecule has 0 spiro atoms. The van der Waals surface area contributed by atoms with Gasteiger partial charge in [-0.25, -0.2) is 0 Å². The van der Waals surface area contributed by atoms with Gasteiger partial charge >= 0.3 is 0 Å². The van der Waals surface area contributed by atoms with Gasteiger partial charge in [0, 0.05) is 5.02 Å². The van der Waals surface area contributed by atoms with Crippen LogP contribution in [0.25, 0.3) is 0 Å². The van der Waals surface area contributed by atoms with E-state index in [0.29, 0.717) is 11.6 Å². The minimum absolute atomic E-state index is 0.218. The van der Waals surface area contributed by atoms with Crippen molar-refractivity contribution in [3.63, 3.8) is 0 Å². The molecule has 0 aliphatic rings. The lowest BCUT2D eigenvalue weighted by Crippen LogP contribution is -2.40. The van der Waals surface area contributed by atoms with Crippen LogP contribution < -0.4 is 4.74 Å². The summed E-state index contributed by atoms with van der Waals surface area (Å²) >= 11 is 6.04. The predicted molar refractivity (Wildman–Crippen MR) is 80.0 cm³/mol. The second kappa shape index (κ2) is 5.64. The minimum Gasteiger partial charge on any atom is -0.497 e. The summed E-state index contributed by atoms with van der Waals surface area (Å²) in [7, 11) is -0.0736. The first-order chi connectivity index (χ1) is 8.15. The third kappa shape index (κ3) is 4.01. The van der Waals surface area contributed by atoms with Crippen molar-refractivity contribution in [3.05, 3.63) is 28.8 Å². The van der Waals surface area contributed by atoms with Crippen LogP contribution in [0.4, 0.5) is 0 Å². The van der Waals surface area contributed by atoms with Gasteiger partial charge in [0.15, 0.2) is 8.32 Å². The summed E-state index contributed by atoms with van der Waals surface area (Å²) in [6.07, 6.45) is 0. The molecule has 2 nitrogen and oxygen atoms in total. The van der Waals surface area contributed by atoms with Gasteiger partial charge in [-0.2, -0.15) is 0 Å². The minimum atomic E-state index is -1.72. The van der Waals surface area contributed by atoms with Crippen molar-refractivity contribution < 1.29 is 9.16 Å². The highest BCUT2D eigenvalue weighted by Gasteiger charge is 2.37. The Hall–Kier alpha value is -0.513. The Morgan fingerprint density at radius 1 is 1.17 bits per heavy atom. The van der Waals surface area contributed by atoms with Gasteiger partial charge < -0.3 is 9.16 Å². The fourth-order valence-corrected chi connectivity index (χ4v) is 2.51. The van der Waals surface area contributed by atoms with Crippen LogP contribution in [-0.4, -0.2) is 15.4 Å². The first kappa shape index (κ1) is 15.5. The van der Waals surface area contributed by atoms with Crippen LogP contribution in [0.3, 0.4) is 0 Å². The molecule has 1 aromatic carbocycles. The van der Waals surface area contributed by atoms with Crippen molar-refractivity contribution in [1.29, 1.82) is 0 Å². The van der Waals surface area contributed by atoms with E-state index in [2.05, 4.69) is 33.9 Å². The summed E-state index contributed by atoms with van der Waals surface area (Å²) in [5, 5.41) is 0.901. The van der Waals surface area contributed by atoms with Crippen molar-refractivity contribution in [3.8, 4) is 5.75 Å². The molecular weight excluding hydrogens is 264 g/mol. The van der Waals surface area contributed by atoms with Crippen molar-refractivity contribution >= 4 is 19.9 Å². The maximum absolute atomic E-state index is 6.16. The van der Waals surface area contributed by atoms with Crippen molar-refractivity contribution in [2.24, 2.45) is 0 Å². The first-order valence-corrected chi connectivity index (χ1v) is 9.42. The van der Waals surface area contributed by atoms with E-state index in [9.17, 15) is 0 Å². The average molecular weight is 287 g/mol. The van der Waals surface area contributed by atoms with E-state index in [4.69, 9.17) is 20.8 Å². The number of methoxy groups -OCH3 is 1. The van der Waals surface area contributed by atoms with Crippen LogP contribution in [0.1, 0.15) is 26.3 Å². The largest absolute Gasteiger partial charge is 0.497 e. The van der Waals surface area contributed by atoms with Gasteiger partial charge in [0.25, 0.3) is 0 Å². The van der Waals surface area contributed by atoms with Gasteiger partial charge in [0.2, 0.25) is 0 Å². The maximum atomic E-state index is 6.16. The molecule has 0 unspecified atom stereocenters. The van der Waals surface area contributed by atoms with E-state index in [1.165, 1.54) is 0 Å². The second-order valence-corrected chi connectivity index (χ2v) is 11.3. The third-order valence-electron chi connectivity index (χ3n) is 3.57. The van der Waals surface area contributed by atoms with E-state index in [1.807, 2.05) is 12.1 Å². The number of halogens is 1. The van der Waals surface area contributed by atoms with Crippen LogP contribution in [0, 0.1) is 0 Å². The monoisotopic (exact) mass is 286 g/mol. The van der Waals surface area contributed by atoms with Gasteiger partial charge in [-0.3, -0.25) is 0 Å². The Morgan fingerprint density at radius 2 is 1.78 bits per heavy atom. The molecule has 0 aliphatic heterocycles. The Labute approximate surface area is 116 Å². The number of rotatable bonds is 4. The maximum Gasteiger partial charge on any atom is 0.192 e. The predicted octanol–water partition coefficient (Wildman–Crippen LogP) is 4.87. The van der Waals surface area contributed by atoms with E-state index in [-0.39, 0.29) is 5.04 Å². The molecule has 0 bridgehead atoms. The molecule has 0 heterocycles. The molecule has 0 fully saturated rings. The summed E-state index contributed by atoms with van der Waals surface area (Å²) in [6, 6.07) is 5.70. The molecule has 0 amide bonds. The topological polar surface area (TPSA) is 18.5 Å². The summed E-state index contributed by atoms with van der Waals surface area (Å²) in [5.74, 6) is 0.774. The van der Waals surface area contributed by atoms with Crippen LogP contribution in [0.15, 0.2) is 18.2 Å². The SMILES string of the molecule is COc1cc(Cl)cc(CO[Si](C)(C)C(C)(C)C)c1. The molecule has 0 saturated heterocycles. The molecule has 0 radical (unpaired) electrons. The summed E-state index contributed by atoms with van der Waals surface area (Å²) in [4.78, 5) is 0. The average Bonchev–Trinajstić information content (AvgIpc) is 2.24. The van der Waals surface area contributed by atoms with Crippen molar-refractivity contribution in [2.75, 3.05) is 7.11 Å². The lowest BCUT2D eigenvalue weighted by molar-refractivity contribution is 0.275. The molecule has 0 aliphatic carbocycles. The Morgan fingerprint density at radius 3 is 2.28 bits per heavy atom. The van der Waals surface area contributed by atoms with Gasteiger partial charge in [-0.1, -0.05) is 32.4 Å². The lowest BCUT2D eigenvalue weighted by Gasteiger charge is -2.36. The van der Waals surface area contributed by atoms with Crippen LogP contribution >= 0.6 is 11.6 Å². The molecule has 18 heavy (non-hydrogen) atoms. The molecule has 102 valence electrons. The molecule has 0 aromatic heterocycles. The highest BCUT2D eigenvalue weighted by molar-refractivity contribution is 6.74. The van der Waals surface area contributed by atoms with Crippen LogP contribution in [0.5, 0.6) is 5.75 Å². The van der Waals surface area contributed by atoms with Gasteiger partial charge in [0.05, 0.1) is 13.7 Å². The van der Waals surface area contributed by atoms with Gasteiger partial charge in [0.1, 0.15) is 5.75 Å². The van der Waals surface area contributed by atoms with Crippen LogP contribution in [0.2, 0.25) is 23.2 Å². The summed E-state index contributed by atoms with van der Waals surface area (Å²) in [6.45, 7) is 11.8. The molecule has 0 N–H and O–H groups in total. The zero-order valence-electron chi connectivity index (χ0n) is 12.1.